The van der Waals surface area contributed by atoms with E-state index in [1.807, 2.05) is 0 Å². The standard InChI is InChI=1S/C11H10F3N3O4/c12-11(13,14)8-4-6(7(5-15-8)17(20)21)16-10(9(18)19)2-1-3-10/h4-5H,1-3H2,(H,15,16)(H,18,19). The van der Waals surface area contributed by atoms with Crippen LogP contribution < -0.4 is 5.32 Å². The number of aliphatic carboxylic acids is 1. The number of anilines is 1. The van der Waals surface area contributed by atoms with E-state index in [1.54, 1.807) is 0 Å². The maximum atomic E-state index is 12.6. The highest BCUT2D eigenvalue weighted by molar-refractivity contribution is 5.85. The van der Waals surface area contributed by atoms with Crippen molar-refractivity contribution in [3.63, 3.8) is 0 Å². The highest BCUT2D eigenvalue weighted by atomic mass is 19.4. The van der Waals surface area contributed by atoms with Gasteiger partial charge in [-0.2, -0.15) is 13.2 Å². The van der Waals surface area contributed by atoms with Crippen molar-refractivity contribution in [3.8, 4) is 0 Å². The van der Waals surface area contributed by atoms with E-state index in [9.17, 15) is 28.1 Å². The molecule has 21 heavy (non-hydrogen) atoms. The Balaban J connectivity index is 2.44. The van der Waals surface area contributed by atoms with Crippen molar-refractivity contribution in [3.05, 3.63) is 28.1 Å². The first-order valence-corrected chi connectivity index (χ1v) is 5.89. The molecular formula is C11H10F3N3O4. The number of pyridine rings is 1. The minimum absolute atomic E-state index is 0.184. The molecule has 114 valence electrons. The minimum atomic E-state index is -4.78. The van der Waals surface area contributed by atoms with Crippen molar-refractivity contribution in [2.24, 2.45) is 0 Å². The number of hydrogen-bond donors (Lipinski definition) is 2. The Morgan fingerprint density at radius 3 is 2.48 bits per heavy atom. The molecule has 2 rings (SSSR count). The van der Waals surface area contributed by atoms with Crippen LogP contribution in [0.25, 0.3) is 0 Å². The van der Waals surface area contributed by atoms with Gasteiger partial charge in [-0.1, -0.05) is 0 Å². The number of carboxylic acids is 1. The smallest absolute Gasteiger partial charge is 0.433 e. The van der Waals surface area contributed by atoms with Crippen molar-refractivity contribution in [1.29, 1.82) is 0 Å². The summed E-state index contributed by atoms with van der Waals surface area (Å²) in [5, 5.41) is 22.3. The maximum absolute atomic E-state index is 12.6. The molecular weight excluding hydrogens is 295 g/mol. The predicted octanol–water partition coefficient (Wildman–Crippen LogP) is 2.43. The monoisotopic (exact) mass is 305 g/mol. The lowest BCUT2D eigenvalue weighted by atomic mass is 9.76. The zero-order valence-corrected chi connectivity index (χ0v) is 10.5. The normalized spacial score (nSPS) is 16.9. The summed E-state index contributed by atoms with van der Waals surface area (Å²) in [7, 11) is 0. The third-order valence-electron chi connectivity index (χ3n) is 3.36. The van der Waals surface area contributed by atoms with Gasteiger partial charge < -0.3 is 10.4 Å². The van der Waals surface area contributed by atoms with Gasteiger partial charge in [-0.15, -0.1) is 0 Å². The van der Waals surface area contributed by atoms with Gasteiger partial charge in [0.1, 0.15) is 23.1 Å². The Hall–Kier alpha value is -2.39. The lowest BCUT2D eigenvalue weighted by molar-refractivity contribution is -0.384. The van der Waals surface area contributed by atoms with E-state index < -0.39 is 39.7 Å². The summed E-state index contributed by atoms with van der Waals surface area (Å²) in [6.07, 6.45) is -3.36. The minimum Gasteiger partial charge on any atom is -0.480 e. The molecule has 1 aliphatic carbocycles. The molecule has 0 aliphatic heterocycles. The Morgan fingerprint density at radius 2 is 2.10 bits per heavy atom. The lowest BCUT2D eigenvalue weighted by Gasteiger charge is -2.38. The molecule has 0 spiro atoms. The molecule has 1 aromatic rings. The first-order chi connectivity index (χ1) is 9.66. The van der Waals surface area contributed by atoms with Crippen molar-refractivity contribution >= 4 is 17.3 Å². The number of hydrogen-bond acceptors (Lipinski definition) is 5. The van der Waals surface area contributed by atoms with Gasteiger partial charge >= 0.3 is 17.8 Å². The number of carboxylic acid groups (broad SMARTS) is 1. The molecule has 0 bridgehead atoms. The molecule has 0 unspecified atom stereocenters. The van der Waals surface area contributed by atoms with Crippen LogP contribution in [-0.4, -0.2) is 26.5 Å². The van der Waals surface area contributed by atoms with Crippen molar-refractivity contribution in [1.82, 2.24) is 4.98 Å². The fraction of sp³-hybridized carbons (Fsp3) is 0.455. The number of nitrogens with one attached hydrogen (secondary N) is 1. The molecule has 1 fully saturated rings. The fourth-order valence-electron chi connectivity index (χ4n) is 2.03. The van der Waals surface area contributed by atoms with E-state index in [0.29, 0.717) is 18.7 Å². The average Bonchev–Trinajstić information content (AvgIpc) is 2.31. The third-order valence-corrected chi connectivity index (χ3v) is 3.36. The van der Waals surface area contributed by atoms with Crippen LogP contribution in [-0.2, 0) is 11.0 Å². The number of nitrogens with zero attached hydrogens (tertiary/aromatic N) is 2. The van der Waals surface area contributed by atoms with Gasteiger partial charge in [0.2, 0.25) is 0 Å². The quantitative estimate of drug-likeness (QED) is 0.653. The van der Waals surface area contributed by atoms with Gasteiger partial charge in [0.25, 0.3) is 0 Å². The number of nitro groups is 1. The lowest BCUT2D eigenvalue weighted by Crippen LogP contribution is -2.52. The number of aromatic nitrogens is 1. The Kier molecular flexibility index (Phi) is 3.47. The first-order valence-electron chi connectivity index (χ1n) is 5.89. The number of halogens is 3. The summed E-state index contributed by atoms with van der Waals surface area (Å²) in [6.45, 7) is 0. The molecule has 2 N–H and O–H groups in total. The SMILES string of the molecule is O=C(O)C1(Nc2cc(C(F)(F)F)ncc2[N+](=O)[O-])CCC1. The van der Waals surface area contributed by atoms with E-state index in [1.165, 1.54) is 0 Å². The van der Waals surface area contributed by atoms with Gasteiger partial charge in [0, 0.05) is 0 Å². The predicted molar refractivity (Wildman–Crippen MR) is 63.7 cm³/mol. The van der Waals surface area contributed by atoms with Crippen LogP contribution in [0.3, 0.4) is 0 Å². The van der Waals surface area contributed by atoms with Gasteiger partial charge in [0.15, 0.2) is 0 Å². The molecule has 0 saturated heterocycles. The molecule has 0 aromatic carbocycles. The van der Waals surface area contributed by atoms with E-state index >= 15 is 0 Å². The van der Waals surface area contributed by atoms with Crippen molar-refractivity contribution in [2.75, 3.05) is 5.32 Å². The summed E-state index contributed by atoms with van der Waals surface area (Å²) < 4.78 is 37.8. The van der Waals surface area contributed by atoms with Crippen LogP contribution in [0.1, 0.15) is 25.0 Å². The van der Waals surface area contributed by atoms with E-state index in [4.69, 9.17) is 5.11 Å². The second-order valence-electron chi connectivity index (χ2n) is 4.71. The molecule has 10 heteroatoms. The Bertz CT molecular complexity index is 599. The zero-order chi connectivity index (χ0) is 15.8. The molecule has 1 saturated carbocycles. The second-order valence-corrected chi connectivity index (χ2v) is 4.71. The van der Waals surface area contributed by atoms with Crippen LogP contribution in [0.15, 0.2) is 12.3 Å². The molecule has 0 amide bonds. The van der Waals surface area contributed by atoms with Crippen LogP contribution in [0.5, 0.6) is 0 Å². The number of carbonyl (C=O) groups is 1. The van der Waals surface area contributed by atoms with Gasteiger partial charge in [0.05, 0.1) is 4.92 Å². The van der Waals surface area contributed by atoms with Crippen LogP contribution in [0, 0.1) is 10.1 Å². The first kappa shape index (κ1) is 15.0. The van der Waals surface area contributed by atoms with E-state index in [0.717, 1.165) is 0 Å². The fourth-order valence-corrected chi connectivity index (χ4v) is 2.03. The molecule has 7 nitrogen and oxygen atoms in total. The average molecular weight is 305 g/mol. The van der Waals surface area contributed by atoms with E-state index in [-0.39, 0.29) is 12.8 Å². The highest BCUT2D eigenvalue weighted by Crippen LogP contribution is 2.39. The second kappa shape index (κ2) is 4.86. The van der Waals surface area contributed by atoms with E-state index in [2.05, 4.69) is 10.3 Å². The number of alkyl halides is 3. The van der Waals surface area contributed by atoms with Crippen LogP contribution in [0.4, 0.5) is 24.5 Å². The van der Waals surface area contributed by atoms with Crippen molar-refractivity contribution < 1.29 is 28.0 Å². The van der Waals surface area contributed by atoms with Crippen LogP contribution in [0.2, 0.25) is 0 Å². The topological polar surface area (TPSA) is 105 Å². The van der Waals surface area contributed by atoms with Gasteiger partial charge in [-0.3, -0.25) is 10.1 Å². The van der Waals surface area contributed by atoms with Crippen LogP contribution >= 0.6 is 0 Å². The summed E-state index contributed by atoms with van der Waals surface area (Å²) in [6, 6.07) is 0.459. The largest absolute Gasteiger partial charge is 0.480 e. The maximum Gasteiger partial charge on any atom is 0.433 e. The highest BCUT2D eigenvalue weighted by Gasteiger charge is 2.46. The Labute approximate surface area is 115 Å². The summed E-state index contributed by atoms with van der Waals surface area (Å²) in [5.74, 6) is -1.26. The summed E-state index contributed by atoms with van der Waals surface area (Å²) in [5.41, 5.74) is -3.98. The third kappa shape index (κ3) is 2.73. The van der Waals surface area contributed by atoms with Gasteiger partial charge in [-0.05, 0) is 25.3 Å². The molecule has 1 heterocycles. The zero-order valence-electron chi connectivity index (χ0n) is 10.5. The molecule has 0 atom stereocenters. The summed E-state index contributed by atoms with van der Waals surface area (Å²) >= 11 is 0. The van der Waals surface area contributed by atoms with Gasteiger partial charge in [-0.25, -0.2) is 9.78 Å². The molecule has 0 radical (unpaired) electrons. The number of rotatable bonds is 4. The molecule has 1 aliphatic rings. The molecule has 1 aromatic heterocycles. The Morgan fingerprint density at radius 1 is 1.48 bits per heavy atom. The van der Waals surface area contributed by atoms with Crippen molar-refractivity contribution in [2.45, 2.75) is 31.0 Å². The summed E-state index contributed by atoms with van der Waals surface area (Å²) in [4.78, 5) is 24.1.